The van der Waals surface area contributed by atoms with Crippen LogP contribution in [0.15, 0.2) is 0 Å². The summed E-state index contributed by atoms with van der Waals surface area (Å²) in [6.07, 6.45) is 0. The van der Waals surface area contributed by atoms with Crippen LogP contribution >= 0.6 is 0 Å². The van der Waals surface area contributed by atoms with E-state index in [0.717, 1.165) is 12.0 Å². The lowest BCUT2D eigenvalue weighted by atomic mass is 9.92. The first-order valence-corrected chi connectivity index (χ1v) is 5.78. The molecule has 0 aliphatic carbocycles. The van der Waals surface area contributed by atoms with E-state index in [4.69, 9.17) is 0 Å². The van der Waals surface area contributed by atoms with Gasteiger partial charge in [0.1, 0.15) is 0 Å². The van der Waals surface area contributed by atoms with E-state index < -0.39 is 0 Å². The third kappa shape index (κ3) is 2.10. The lowest BCUT2D eigenvalue weighted by Crippen LogP contribution is -2.57. The predicted octanol–water partition coefficient (Wildman–Crippen LogP) is 0.184. The van der Waals surface area contributed by atoms with E-state index >= 15 is 0 Å². The highest BCUT2D eigenvalue weighted by Crippen LogP contribution is 2.21. The number of piperazine rings is 1. The normalized spacial score (nSPS) is 30.2. The van der Waals surface area contributed by atoms with Gasteiger partial charge in [-0.1, -0.05) is 0 Å². The van der Waals surface area contributed by atoms with E-state index in [1.165, 1.54) is 39.3 Å². The molecule has 82 valence electrons. The zero-order valence-corrected chi connectivity index (χ0v) is 9.74. The van der Waals surface area contributed by atoms with Crippen LogP contribution in [0.4, 0.5) is 0 Å². The lowest BCUT2D eigenvalue weighted by molar-refractivity contribution is 0.0237. The van der Waals surface area contributed by atoms with E-state index in [-0.39, 0.29) is 0 Å². The van der Waals surface area contributed by atoms with Gasteiger partial charge in [0.2, 0.25) is 0 Å². The van der Waals surface area contributed by atoms with Crippen molar-refractivity contribution in [2.75, 3.05) is 53.4 Å². The maximum atomic E-state index is 2.66. The first-order chi connectivity index (χ1) is 6.66. The van der Waals surface area contributed by atoms with Crippen LogP contribution in [0.3, 0.4) is 0 Å². The van der Waals surface area contributed by atoms with E-state index in [1.54, 1.807) is 0 Å². The van der Waals surface area contributed by atoms with E-state index in [9.17, 15) is 0 Å². The summed E-state index contributed by atoms with van der Waals surface area (Å²) < 4.78 is 0. The molecule has 0 N–H and O–H groups in total. The molecular weight excluding hydrogens is 174 g/mol. The van der Waals surface area contributed by atoms with Gasteiger partial charge in [-0.15, -0.1) is 0 Å². The average molecular weight is 197 g/mol. The Kier molecular flexibility index (Phi) is 3.10. The van der Waals surface area contributed by atoms with Crippen LogP contribution in [0.5, 0.6) is 0 Å². The number of likely N-dealkylation sites (N-methyl/N-ethyl adjacent to an activating group) is 1. The maximum absolute atomic E-state index is 2.66. The zero-order valence-electron chi connectivity index (χ0n) is 9.74. The topological polar surface area (TPSA) is 9.72 Å². The molecule has 2 heterocycles. The zero-order chi connectivity index (χ0) is 10.1. The molecular formula is C11H23N3. The lowest BCUT2D eigenvalue weighted by Gasteiger charge is -2.46. The fraction of sp³-hybridized carbons (Fsp3) is 1.00. The minimum absolute atomic E-state index is 0.792. The average Bonchev–Trinajstić information content (AvgIpc) is 2.13. The van der Waals surface area contributed by atoms with Gasteiger partial charge in [0.25, 0.3) is 0 Å². The van der Waals surface area contributed by atoms with Crippen LogP contribution < -0.4 is 0 Å². The Balaban J connectivity index is 1.77. The Bertz CT molecular complexity index is 181. The molecule has 2 saturated heterocycles. The summed E-state index contributed by atoms with van der Waals surface area (Å²) in [5.74, 6) is 0.920. The summed E-state index contributed by atoms with van der Waals surface area (Å²) in [5.41, 5.74) is 0. The number of hydrogen-bond acceptors (Lipinski definition) is 3. The summed E-state index contributed by atoms with van der Waals surface area (Å²) in [7, 11) is 4.44. The fourth-order valence-electron chi connectivity index (χ4n) is 2.58. The van der Waals surface area contributed by atoms with Crippen LogP contribution in [0.1, 0.15) is 6.92 Å². The van der Waals surface area contributed by atoms with E-state index in [1.807, 2.05) is 0 Å². The maximum Gasteiger partial charge on any atom is 0.0121 e. The highest BCUT2D eigenvalue weighted by atomic mass is 15.3. The number of rotatable bonds is 2. The molecule has 0 amide bonds. The van der Waals surface area contributed by atoms with Crippen molar-refractivity contribution in [1.29, 1.82) is 0 Å². The van der Waals surface area contributed by atoms with Gasteiger partial charge in [-0.3, -0.25) is 4.90 Å². The number of nitrogens with zero attached hydrogens (tertiary/aromatic N) is 3. The molecule has 3 nitrogen and oxygen atoms in total. The van der Waals surface area contributed by atoms with Crippen molar-refractivity contribution in [1.82, 2.24) is 14.7 Å². The molecule has 0 radical (unpaired) electrons. The molecule has 0 aromatic heterocycles. The first kappa shape index (κ1) is 10.4. The Morgan fingerprint density at radius 1 is 0.929 bits per heavy atom. The van der Waals surface area contributed by atoms with Crippen molar-refractivity contribution < 1.29 is 0 Å². The van der Waals surface area contributed by atoms with Crippen LogP contribution in [0.25, 0.3) is 0 Å². The minimum Gasteiger partial charge on any atom is -0.306 e. The van der Waals surface area contributed by atoms with E-state index in [2.05, 4.69) is 35.7 Å². The molecule has 2 aliphatic heterocycles. The Morgan fingerprint density at radius 3 is 2.00 bits per heavy atom. The molecule has 2 fully saturated rings. The molecule has 0 bridgehead atoms. The SMILES string of the molecule is CC(C1CN(C)C1)N1CCN(C)CC1. The van der Waals surface area contributed by atoms with Gasteiger partial charge in [-0.25, -0.2) is 0 Å². The molecule has 3 heteroatoms. The second-order valence-corrected chi connectivity index (χ2v) is 5.06. The fourth-order valence-corrected chi connectivity index (χ4v) is 2.58. The van der Waals surface area contributed by atoms with Crippen molar-refractivity contribution in [2.45, 2.75) is 13.0 Å². The van der Waals surface area contributed by atoms with Gasteiger partial charge >= 0.3 is 0 Å². The molecule has 0 saturated carbocycles. The van der Waals surface area contributed by atoms with Crippen molar-refractivity contribution in [2.24, 2.45) is 5.92 Å². The second-order valence-electron chi connectivity index (χ2n) is 5.06. The van der Waals surface area contributed by atoms with Gasteiger partial charge in [-0.05, 0) is 26.9 Å². The highest BCUT2D eigenvalue weighted by Gasteiger charge is 2.32. The van der Waals surface area contributed by atoms with Gasteiger partial charge in [0.05, 0.1) is 0 Å². The third-order valence-corrected chi connectivity index (χ3v) is 3.89. The third-order valence-electron chi connectivity index (χ3n) is 3.89. The standard InChI is InChI=1S/C11H23N3/c1-10(11-8-13(3)9-11)14-6-4-12(2)5-7-14/h10-11H,4-9H2,1-3H3. The van der Waals surface area contributed by atoms with Crippen molar-refractivity contribution >= 4 is 0 Å². The number of hydrogen-bond donors (Lipinski definition) is 0. The molecule has 1 atom stereocenters. The predicted molar refractivity (Wildman–Crippen MR) is 59.5 cm³/mol. The van der Waals surface area contributed by atoms with E-state index in [0.29, 0.717) is 0 Å². The van der Waals surface area contributed by atoms with Crippen LogP contribution in [0, 0.1) is 5.92 Å². The Labute approximate surface area is 87.7 Å². The molecule has 1 unspecified atom stereocenters. The Hall–Kier alpha value is -0.120. The minimum atomic E-state index is 0.792. The van der Waals surface area contributed by atoms with Crippen molar-refractivity contribution in [3.05, 3.63) is 0 Å². The monoisotopic (exact) mass is 197 g/mol. The molecule has 0 aromatic carbocycles. The van der Waals surface area contributed by atoms with Crippen molar-refractivity contribution in [3.63, 3.8) is 0 Å². The van der Waals surface area contributed by atoms with Crippen LogP contribution in [-0.4, -0.2) is 74.1 Å². The van der Waals surface area contributed by atoms with Gasteiger partial charge in [0.15, 0.2) is 0 Å². The summed E-state index contributed by atoms with van der Waals surface area (Å²) in [6, 6.07) is 0.792. The summed E-state index contributed by atoms with van der Waals surface area (Å²) in [4.78, 5) is 7.50. The smallest absolute Gasteiger partial charge is 0.0121 e. The summed E-state index contributed by atoms with van der Waals surface area (Å²) in [6.45, 7) is 10.0. The summed E-state index contributed by atoms with van der Waals surface area (Å²) >= 11 is 0. The van der Waals surface area contributed by atoms with Crippen LogP contribution in [-0.2, 0) is 0 Å². The van der Waals surface area contributed by atoms with Gasteiger partial charge < -0.3 is 9.80 Å². The van der Waals surface area contributed by atoms with Gasteiger partial charge in [-0.2, -0.15) is 0 Å². The Morgan fingerprint density at radius 2 is 1.50 bits per heavy atom. The largest absolute Gasteiger partial charge is 0.306 e. The number of likely N-dealkylation sites (tertiary alicyclic amines) is 1. The highest BCUT2D eigenvalue weighted by molar-refractivity contribution is 4.88. The molecule has 2 rings (SSSR count). The summed E-state index contributed by atoms with van der Waals surface area (Å²) in [5, 5.41) is 0. The van der Waals surface area contributed by atoms with Crippen molar-refractivity contribution in [3.8, 4) is 0 Å². The molecule has 0 aromatic rings. The van der Waals surface area contributed by atoms with Crippen LogP contribution in [0.2, 0.25) is 0 Å². The molecule has 14 heavy (non-hydrogen) atoms. The second kappa shape index (κ2) is 4.17. The first-order valence-electron chi connectivity index (χ1n) is 5.78. The molecule has 0 spiro atoms. The van der Waals surface area contributed by atoms with Gasteiger partial charge in [0, 0.05) is 45.3 Å². The molecule has 2 aliphatic rings. The quantitative estimate of drug-likeness (QED) is 0.625.